The topological polar surface area (TPSA) is 215 Å². The highest BCUT2D eigenvalue weighted by Gasteiger charge is 2.28. The second-order valence-electron chi connectivity index (χ2n) is 7.56. The number of carboxylic acid groups (broad SMARTS) is 1. The van der Waals surface area contributed by atoms with E-state index in [1.807, 2.05) is 13.8 Å². The van der Waals surface area contributed by atoms with Crippen molar-refractivity contribution in [3.8, 4) is 0 Å². The van der Waals surface area contributed by atoms with E-state index >= 15 is 0 Å². The first-order chi connectivity index (χ1) is 14.4. The Balaban J connectivity index is 4.72. The van der Waals surface area contributed by atoms with Crippen LogP contribution in [0.4, 0.5) is 0 Å². The number of carboxylic acids is 1. The van der Waals surface area contributed by atoms with Crippen molar-refractivity contribution < 1.29 is 24.3 Å². The number of carbonyl (C=O) groups excluding carboxylic acids is 3. The van der Waals surface area contributed by atoms with Crippen molar-refractivity contribution in [3.63, 3.8) is 0 Å². The number of hydrogen-bond acceptors (Lipinski definition) is 7. The predicted molar refractivity (Wildman–Crippen MR) is 120 cm³/mol. The van der Waals surface area contributed by atoms with Crippen molar-refractivity contribution in [2.24, 2.45) is 28.1 Å². The Morgan fingerprint density at radius 3 is 2.03 bits per heavy atom. The average Bonchev–Trinajstić information content (AvgIpc) is 2.67. The summed E-state index contributed by atoms with van der Waals surface area (Å²) in [4.78, 5) is 52.0. The maximum absolute atomic E-state index is 12.4. The normalized spacial score (nSPS) is 14.6. The number of rotatable bonds is 14. The van der Waals surface area contributed by atoms with Crippen LogP contribution in [0.25, 0.3) is 0 Å². The first-order valence-electron chi connectivity index (χ1n) is 9.94. The van der Waals surface area contributed by atoms with E-state index in [0.29, 0.717) is 19.4 Å². The number of thiol groups is 1. The molecule has 4 atom stereocenters. The zero-order valence-corrected chi connectivity index (χ0v) is 19.0. The van der Waals surface area contributed by atoms with Gasteiger partial charge in [0.05, 0.1) is 6.04 Å². The fourth-order valence-corrected chi connectivity index (χ4v) is 2.75. The van der Waals surface area contributed by atoms with Crippen molar-refractivity contribution in [2.45, 2.75) is 64.2 Å². The first kappa shape index (κ1) is 28.5. The Morgan fingerprint density at radius 2 is 1.55 bits per heavy atom. The van der Waals surface area contributed by atoms with Gasteiger partial charge in [0.2, 0.25) is 17.7 Å². The summed E-state index contributed by atoms with van der Waals surface area (Å²) in [6, 6.07) is -3.99. The molecule has 0 spiro atoms. The highest BCUT2D eigenvalue weighted by Crippen LogP contribution is 2.06. The van der Waals surface area contributed by atoms with Crippen LogP contribution in [0.3, 0.4) is 0 Å². The third kappa shape index (κ3) is 12.0. The van der Waals surface area contributed by atoms with Gasteiger partial charge in [-0.1, -0.05) is 13.8 Å². The van der Waals surface area contributed by atoms with Gasteiger partial charge in [-0.3, -0.25) is 19.4 Å². The molecule has 0 aliphatic carbocycles. The van der Waals surface area contributed by atoms with Gasteiger partial charge in [0.15, 0.2) is 5.96 Å². The molecule has 0 radical (unpaired) electrons. The van der Waals surface area contributed by atoms with Crippen molar-refractivity contribution >= 4 is 42.3 Å². The van der Waals surface area contributed by atoms with E-state index in [1.165, 1.54) is 6.92 Å². The number of aliphatic carboxylic acids is 1. The summed E-state index contributed by atoms with van der Waals surface area (Å²) in [5.74, 6) is -3.08. The van der Waals surface area contributed by atoms with Crippen LogP contribution in [-0.2, 0) is 19.2 Å². The highest BCUT2D eigenvalue weighted by atomic mass is 32.1. The molecule has 0 rings (SSSR count). The van der Waals surface area contributed by atoms with Crippen molar-refractivity contribution in [1.29, 1.82) is 0 Å². The van der Waals surface area contributed by atoms with Gasteiger partial charge < -0.3 is 38.3 Å². The number of guanidine groups is 1. The molecule has 13 heteroatoms. The van der Waals surface area contributed by atoms with E-state index in [0.717, 1.165) is 0 Å². The maximum atomic E-state index is 12.4. The third-order valence-electron chi connectivity index (χ3n) is 4.19. The molecule has 0 bridgehead atoms. The molecule has 0 saturated heterocycles. The Labute approximate surface area is 187 Å². The molecule has 12 nitrogen and oxygen atoms in total. The lowest BCUT2D eigenvalue weighted by atomic mass is 10.0. The van der Waals surface area contributed by atoms with Crippen molar-refractivity contribution in [2.75, 3.05) is 12.3 Å². The lowest BCUT2D eigenvalue weighted by molar-refractivity contribution is -0.142. The fraction of sp³-hybridized carbons (Fsp3) is 0.722. The van der Waals surface area contributed by atoms with Crippen LogP contribution < -0.4 is 33.2 Å². The summed E-state index contributed by atoms with van der Waals surface area (Å²) in [7, 11) is 0. The number of nitrogens with one attached hydrogen (secondary N) is 3. The molecule has 0 fully saturated rings. The molecule has 10 N–H and O–H groups in total. The van der Waals surface area contributed by atoms with E-state index in [-0.39, 0.29) is 24.1 Å². The SMILES string of the molecule is CC(C)CC(NC(=O)C(CS)NC(=O)C(C)NC(=O)C(N)CCCN=C(N)N)C(=O)O. The lowest BCUT2D eigenvalue weighted by Crippen LogP contribution is -2.57. The zero-order chi connectivity index (χ0) is 24.1. The molecular weight excluding hydrogens is 426 g/mol. The Bertz CT molecular complexity index is 655. The van der Waals surface area contributed by atoms with Crippen LogP contribution in [0, 0.1) is 5.92 Å². The van der Waals surface area contributed by atoms with Crippen molar-refractivity contribution in [3.05, 3.63) is 0 Å². The van der Waals surface area contributed by atoms with Crippen LogP contribution in [0.2, 0.25) is 0 Å². The van der Waals surface area contributed by atoms with E-state index in [9.17, 15) is 24.3 Å². The largest absolute Gasteiger partial charge is 0.480 e. The minimum absolute atomic E-state index is 0.0457. The van der Waals surface area contributed by atoms with Crippen LogP contribution in [-0.4, -0.2) is 71.2 Å². The number of carbonyl (C=O) groups is 4. The van der Waals surface area contributed by atoms with Crippen LogP contribution in [0.15, 0.2) is 4.99 Å². The quantitative estimate of drug-likeness (QED) is 0.0619. The van der Waals surface area contributed by atoms with Gasteiger partial charge in [0.25, 0.3) is 0 Å². The monoisotopic (exact) mass is 461 g/mol. The number of amides is 3. The smallest absolute Gasteiger partial charge is 0.326 e. The molecule has 0 aromatic rings. The summed E-state index contributed by atoms with van der Waals surface area (Å²) in [5.41, 5.74) is 16.2. The third-order valence-corrected chi connectivity index (χ3v) is 4.56. The van der Waals surface area contributed by atoms with Gasteiger partial charge in [-0.25, -0.2) is 4.79 Å². The van der Waals surface area contributed by atoms with Gasteiger partial charge in [0, 0.05) is 12.3 Å². The minimum Gasteiger partial charge on any atom is -0.480 e. The van der Waals surface area contributed by atoms with Gasteiger partial charge in [0.1, 0.15) is 18.1 Å². The van der Waals surface area contributed by atoms with E-state index in [1.54, 1.807) is 0 Å². The number of nitrogens with two attached hydrogens (primary N) is 3. The Kier molecular flexibility index (Phi) is 13.3. The average molecular weight is 462 g/mol. The van der Waals surface area contributed by atoms with Gasteiger partial charge >= 0.3 is 5.97 Å². The van der Waals surface area contributed by atoms with Crippen LogP contribution in [0.1, 0.15) is 40.0 Å². The summed E-state index contributed by atoms with van der Waals surface area (Å²) < 4.78 is 0. The standard InChI is InChI=1S/C18H35N7O5S/c1-9(2)7-12(17(29)30)24-16(28)13(8-31)25-14(26)10(3)23-15(27)11(19)5-4-6-22-18(20)21/h9-13,31H,4-8,19H2,1-3H3,(H,23,27)(H,24,28)(H,25,26)(H,29,30)(H4,20,21,22). The van der Waals surface area contributed by atoms with E-state index in [2.05, 4.69) is 33.6 Å². The molecule has 31 heavy (non-hydrogen) atoms. The predicted octanol–water partition coefficient (Wildman–Crippen LogP) is -2.10. The van der Waals surface area contributed by atoms with Gasteiger partial charge in [-0.05, 0) is 32.1 Å². The van der Waals surface area contributed by atoms with E-state index < -0.39 is 47.9 Å². The summed E-state index contributed by atoms with van der Waals surface area (Å²) in [6.07, 6.45) is 1.03. The minimum atomic E-state index is -1.17. The van der Waals surface area contributed by atoms with Gasteiger partial charge in [-0.15, -0.1) is 0 Å². The second kappa shape index (κ2) is 14.5. The van der Waals surface area contributed by atoms with E-state index in [4.69, 9.17) is 17.2 Å². The molecule has 0 aromatic heterocycles. The summed E-state index contributed by atoms with van der Waals surface area (Å²) >= 11 is 4.05. The van der Waals surface area contributed by atoms with Crippen molar-refractivity contribution in [1.82, 2.24) is 16.0 Å². The number of aliphatic imine (C=N–C) groups is 1. The molecular formula is C18H35N7O5S. The Morgan fingerprint density at radius 1 is 0.968 bits per heavy atom. The number of hydrogen-bond donors (Lipinski definition) is 8. The molecule has 0 aliphatic heterocycles. The maximum Gasteiger partial charge on any atom is 0.326 e. The summed E-state index contributed by atoms with van der Waals surface area (Å²) in [6.45, 7) is 5.42. The molecule has 0 aliphatic rings. The first-order valence-corrected chi connectivity index (χ1v) is 10.6. The lowest BCUT2D eigenvalue weighted by Gasteiger charge is -2.23. The van der Waals surface area contributed by atoms with Crippen LogP contribution in [0.5, 0.6) is 0 Å². The zero-order valence-electron chi connectivity index (χ0n) is 18.1. The highest BCUT2D eigenvalue weighted by molar-refractivity contribution is 7.80. The molecule has 0 heterocycles. The number of nitrogens with zero attached hydrogens (tertiary/aromatic N) is 1. The second-order valence-corrected chi connectivity index (χ2v) is 7.92. The molecule has 3 amide bonds. The molecule has 178 valence electrons. The summed E-state index contributed by atoms with van der Waals surface area (Å²) in [5, 5.41) is 16.6. The van der Waals surface area contributed by atoms with Crippen LogP contribution >= 0.6 is 12.6 Å². The molecule has 0 saturated carbocycles. The Hall–Kier alpha value is -2.54. The molecule has 0 aromatic carbocycles. The van der Waals surface area contributed by atoms with Gasteiger partial charge in [-0.2, -0.15) is 12.6 Å². The molecule has 4 unspecified atom stereocenters. The fourth-order valence-electron chi connectivity index (χ4n) is 2.49.